The summed E-state index contributed by atoms with van der Waals surface area (Å²) in [7, 11) is 0. The molecule has 0 saturated heterocycles. The molecule has 0 atom stereocenters. The predicted octanol–water partition coefficient (Wildman–Crippen LogP) is 13.4. The number of para-hydroxylation sites is 1. The molecule has 0 N–H and O–H groups in total. The first-order chi connectivity index (χ1) is 23.3. The van der Waals surface area contributed by atoms with Crippen LogP contribution in [0.25, 0.3) is 74.8 Å². The van der Waals surface area contributed by atoms with Crippen molar-refractivity contribution in [2.75, 3.05) is 4.90 Å². The molecule has 2 aromatic heterocycles. The molecule has 0 radical (unpaired) electrons. The van der Waals surface area contributed by atoms with E-state index >= 15 is 0 Å². The van der Waals surface area contributed by atoms with E-state index in [1.165, 1.54) is 52.8 Å². The smallest absolute Gasteiger partial charge is 0.137 e. The zero-order valence-corrected chi connectivity index (χ0v) is 26.2. The Morgan fingerprint density at radius 3 is 1.94 bits per heavy atom. The van der Waals surface area contributed by atoms with Crippen LogP contribution < -0.4 is 4.90 Å². The molecule has 8 aromatic carbocycles. The van der Waals surface area contributed by atoms with Crippen molar-refractivity contribution < 1.29 is 4.42 Å². The largest absolute Gasteiger partial charge is 0.456 e. The summed E-state index contributed by atoms with van der Waals surface area (Å²) < 4.78 is 8.94. The molecule has 0 aliphatic heterocycles. The number of hydrogen-bond acceptors (Lipinski definition) is 3. The van der Waals surface area contributed by atoms with Crippen molar-refractivity contribution >= 4 is 92.1 Å². The van der Waals surface area contributed by atoms with E-state index in [9.17, 15) is 0 Å². The Labute approximate surface area is 275 Å². The van der Waals surface area contributed by atoms with Crippen LogP contribution in [0.1, 0.15) is 0 Å². The first-order valence-electron chi connectivity index (χ1n) is 15.9. The van der Waals surface area contributed by atoms with Crippen molar-refractivity contribution in [3.05, 3.63) is 164 Å². The number of benzene rings is 8. The average molecular weight is 618 g/mol. The normalized spacial score (nSPS) is 11.8. The lowest BCUT2D eigenvalue weighted by Crippen LogP contribution is -2.10. The van der Waals surface area contributed by atoms with Crippen LogP contribution in [0, 0.1) is 0 Å². The van der Waals surface area contributed by atoms with E-state index in [2.05, 4.69) is 163 Å². The Kier molecular flexibility index (Phi) is 5.78. The first-order valence-corrected chi connectivity index (χ1v) is 16.7. The van der Waals surface area contributed by atoms with E-state index in [0.29, 0.717) is 0 Å². The number of furan rings is 1. The lowest BCUT2D eigenvalue weighted by Gasteiger charge is -2.27. The van der Waals surface area contributed by atoms with Gasteiger partial charge in [-0.25, -0.2) is 0 Å². The van der Waals surface area contributed by atoms with Gasteiger partial charge in [-0.1, -0.05) is 109 Å². The average Bonchev–Trinajstić information content (AvgIpc) is 3.70. The van der Waals surface area contributed by atoms with Crippen LogP contribution in [0.15, 0.2) is 168 Å². The quantitative estimate of drug-likeness (QED) is 0.183. The van der Waals surface area contributed by atoms with E-state index in [-0.39, 0.29) is 0 Å². The summed E-state index contributed by atoms with van der Waals surface area (Å²) in [4.78, 5) is 2.40. The molecule has 10 aromatic rings. The van der Waals surface area contributed by atoms with Crippen LogP contribution in [0.3, 0.4) is 0 Å². The third kappa shape index (κ3) is 4.17. The van der Waals surface area contributed by atoms with Crippen molar-refractivity contribution in [3.63, 3.8) is 0 Å². The molecule has 3 heteroatoms. The van der Waals surface area contributed by atoms with Gasteiger partial charge in [0.05, 0.1) is 11.1 Å². The summed E-state index contributed by atoms with van der Waals surface area (Å²) in [6, 6.07) is 59.1. The molecule has 0 aliphatic carbocycles. The summed E-state index contributed by atoms with van der Waals surface area (Å²) in [5.41, 5.74) is 7.58. The fourth-order valence-corrected chi connectivity index (χ4v) is 8.37. The number of fused-ring (bicyclic) bond motifs is 9. The zero-order chi connectivity index (χ0) is 30.9. The summed E-state index contributed by atoms with van der Waals surface area (Å²) in [5, 5.41) is 9.79. The molecular weight excluding hydrogens is 591 g/mol. The molecular formula is C44H27NOS. The Balaban J connectivity index is 1.19. The van der Waals surface area contributed by atoms with Gasteiger partial charge >= 0.3 is 0 Å². The van der Waals surface area contributed by atoms with Gasteiger partial charge in [0.1, 0.15) is 11.2 Å². The van der Waals surface area contributed by atoms with Gasteiger partial charge in [0.15, 0.2) is 0 Å². The third-order valence-corrected chi connectivity index (χ3v) is 10.6. The molecule has 2 heterocycles. The van der Waals surface area contributed by atoms with E-state index in [0.717, 1.165) is 39.0 Å². The van der Waals surface area contributed by atoms with Crippen molar-refractivity contribution in [1.29, 1.82) is 0 Å². The molecule has 47 heavy (non-hydrogen) atoms. The molecule has 10 rings (SSSR count). The molecule has 2 nitrogen and oxygen atoms in total. The Hall–Kier alpha value is -5.90. The highest BCUT2D eigenvalue weighted by atomic mass is 32.1. The van der Waals surface area contributed by atoms with Gasteiger partial charge in [0.2, 0.25) is 0 Å². The molecule has 0 saturated carbocycles. The molecule has 0 fully saturated rings. The lowest BCUT2D eigenvalue weighted by atomic mass is 9.97. The molecule has 220 valence electrons. The van der Waals surface area contributed by atoms with Gasteiger partial charge < -0.3 is 9.32 Å². The van der Waals surface area contributed by atoms with Crippen LogP contribution in [-0.2, 0) is 0 Å². The highest BCUT2D eigenvalue weighted by Crippen LogP contribution is 2.45. The second kappa shape index (κ2) is 10.3. The van der Waals surface area contributed by atoms with Crippen LogP contribution in [0.4, 0.5) is 17.1 Å². The second-order valence-electron chi connectivity index (χ2n) is 12.1. The zero-order valence-electron chi connectivity index (χ0n) is 25.4. The fourth-order valence-electron chi connectivity index (χ4n) is 7.23. The van der Waals surface area contributed by atoms with E-state index < -0.39 is 0 Å². The van der Waals surface area contributed by atoms with Gasteiger partial charge in [-0.15, -0.1) is 11.3 Å². The van der Waals surface area contributed by atoms with Crippen LogP contribution in [0.2, 0.25) is 0 Å². The van der Waals surface area contributed by atoms with Gasteiger partial charge in [0.25, 0.3) is 0 Å². The number of thiophene rings is 1. The third-order valence-electron chi connectivity index (χ3n) is 9.43. The summed E-state index contributed by atoms with van der Waals surface area (Å²) in [5.74, 6) is 0. The van der Waals surface area contributed by atoms with Gasteiger partial charge in [0, 0.05) is 36.9 Å². The van der Waals surface area contributed by atoms with Crippen molar-refractivity contribution in [1.82, 2.24) is 0 Å². The highest BCUT2D eigenvalue weighted by Gasteiger charge is 2.20. The first kappa shape index (κ1) is 26.3. The Bertz CT molecular complexity index is 2810. The molecule has 0 amide bonds. The monoisotopic (exact) mass is 617 g/mol. The van der Waals surface area contributed by atoms with Crippen molar-refractivity contribution in [3.8, 4) is 11.1 Å². The SMILES string of the molecule is c1ccc(-c2ccc3c(ccc4cc(N(c5ccc6c(c5)sc5ccccc56)c5cccc6oc7ccccc7c56)ccc43)c2)cc1. The lowest BCUT2D eigenvalue weighted by molar-refractivity contribution is 0.669. The summed E-state index contributed by atoms with van der Waals surface area (Å²) in [6.45, 7) is 0. The topological polar surface area (TPSA) is 16.4 Å². The maximum atomic E-state index is 6.36. The van der Waals surface area contributed by atoms with Gasteiger partial charge in [-0.3, -0.25) is 0 Å². The minimum atomic E-state index is 0.887. The number of anilines is 3. The molecule has 0 unspecified atom stereocenters. The number of rotatable bonds is 4. The molecule has 0 bridgehead atoms. The number of hydrogen-bond donors (Lipinski definition) is 0. The van der Waals surface area contributed by atoms with E-state index in [1.807, 2.05) is 17.4 Å². The minimum Gasteiger partial charge on any atom is -0.456 e. The van der Waals surface area contributed by atoms with Gasteiger partial charge in [-0.05, 0) is 87.3 Å². The second-order valence-corrected chi connectivity index (χ2v) is 13.2. The Morgan fingerprint density at radius 1 is 0.404 bits per heavy atom. The number of nitrogens with zero attached hydrogens (tertiary/aromatic N) is 1. The fraction of sp³-hybridized carbons (Fsp3) is 0. The summed E-state index contributed by atoms with van der Waals surface area (Å²) >= 11 is 1.85. The molecule has 0 spiro atoms. The standard InChI is InChI=1S/C44H27NOS/c1-2-9-28(10-3-1)29-19-22-34-30(25-29)17-18-31-26-32(20-23-35(31)34)45(33-21-24-37-36-11-5-7-16-42(36)47-43(37)27-33)39-13-8-15-41-44(39)38-12-4-6-14-40(38)46-41/h1-27H. The van der Waals surface area contributed by atoms with Crippen LogP contribution >= 0.6 is 11.3 Å². The maximum absolute atomic E-state index is 6.36. The Morgan fingerprint density at radius 2 is 1.06 bits per heavy atom. The molecule has 0 aliphatic rings. The van der Waals surface area contributed by atoms with E-state index in [1.54, 1.807) is 0 Å². The van der Waals surface area contributed by atoms with Crippen molar-refractivity contribution in [2.24, 2.45) is 0 Å². The maximum Gasteiger partial charge on any atom is 0.137 e. The van der Waals surface area contributed by atoms with Crippen molar-refractivity contribution in [2.45, 2.75) is 0 Å². The van der Waals surface area contributed by atoms with Crippen LogP contribution in [0.5, 0.6) is 0 Å². The van der Waals surface area contributed by atoms with E-state index in [4.69, 9.17) is 4.42 Å². The van der Waals surface area contributed by atoms with Gasteiger partial charge in [-0.2, -0.15) is 0 Å². The minimum absolute atomic E-state index is 0.887. The highest BCUT2D eigenvalue weighted by molar-refractivity contribution is 7.25. The van der Waals surface area contributed by atoms with Crippen LogP contribution in [-0.4, -0.2) is 0 Å². The predicted molar refractivity (Wildman–Crippen MR) is 202 cm³/mol. The summed E-state index contributed by atoms with van der Waals surface area (Å²) in [6.07, 6.45) is 0.